The fourth-order valence-electron chi connectivity index (χ4n) is 3.93. The molecule has 166 valence electrons. The molecule has 4 heterocycles. The Bertz CT molecular complexity index is 1720. The van der Waals surface area contributed by atoms with Crippen molar-refractivity contribution in [1.29, 1.82) is 0 Å². The van der Waals surface area contributed by atoms with Gasteiger partial charge in [-0.3, -0.25) is 18.7 Å². The normalized spacial score (nSPS) is 11.5. The number of pyridine rings is 1. The van der Waals surface area contributed by atoms with E-state index in [2.05, 4.69) is 20.1 Å². The molecule has 34 heavy (non-hydrogen) atoms. The molecule has 2 aromatic carbocycles. The van der Waals surface area contributed by atoms with Crippen LogP contribution in [0.15, 0.2) is 82.5 Å². The molecule has 0 saturated carbocycles. The first-order chi connectivity index (χ1) is 16.6. The Balaban J connectivity index is 1.58. The number of hydrogen-bond acceptors (Lipinski definition) is 6. The van der Waals surface area contributed by atoms with Gasteiger partial charge in [-0.05, 0) is 48.5 Å². The van der Waals surface area contributed by atoms with E-state index in [-0.39, 0.29) is 40.8 Å². The van der Waals surface area contributed by atoms with Crippen LogP contribution in [0.5, 0.6) is 0 Å². The smallest absolute Gasteiger partial charge is 0.278 e. The van der Waals surface area contributed by atoms with Crippen molar-refractivity contribution in [3.05, 3.63) is 100 Å². The number of halogens is 2. The molecular formula is C24H14ClFN6O2. The van der Waals surface area contributed by atoms with Crippen molar-refractivity contribution in [2.75, 3.05) is 0 Å². The number of aromatic nitrogens is 6. The second-order valence-electron chi connectivity index (χ2n) is 7.56. The van der Waals surface area contributed by atoms with E-state index in [4.69, 9.17) is 16.1 Å². The lowest BCUT2D eigenvalue weighted by molar-refractivity contribution is 0.432. The van der Waals surface area contributed by atoms with Crippen LogP contribution >= 0.6 is 11.6 Å². The summed E-state index contributed by atoms with van der Waals surface area (Å²) >= 11 is 6.53. The lowest BCUT2D eigenvalue weighted by atomic mass is 10.2. The van der Waals surface area contributed by atoms with Crippen molar-refractivity contribution in [3.8, 4) is 23.0 Å². The van der Waals surface area contributed by atoms with E-state index in [1.165, 1.54) is 30.6 Å². The number of imidazole rings is 1. The third-order valence-corrected chi connectivity index (χ3v) is 5.79. The highest BCUT2D eigenvalue weighted by Crippen LogP contribution is 2.28. The zero-order valence-electron chi connectivity index (χ0n) is 17.4. The molecular weight excluding hydrogens is 459 g/mol. The molecule has 0 radical (unpaired) electrons. The highest BCUT2D eigenvalue weighted by molar-refractivity contribution is 6.35. The number of nitrogens with zero attached hydrogens (tertiary/aromatic N) is 6. The first-order valence-electron chi connectivity index (χ1n) is 10.3. The Morgan fingerprint density at radius 2 is 1.82 bits per heavy atom. The highest BCUT2D eigenvalue weighted by Gasteiger charge is 2.22. The first kappa shape index (κ1) is 20.3. The standard InChI is InChI=1S/C24H14ClFN6O2/c25-17-5-3-6-18-20(17)31(12-16-4-1-2-11-27-16)24(33)21-19(28-13-32(18)21)22-29-23(34-30-22)14-7-9-15(26)10-8-14/h1-11,13H,12H2. The maximum Gasteiger partial charge on any atom is 0.278 e. The van der Waals surface area contributed by atoms with Crippen molar-refractivity contribution < 1.29 is 8.91 Å². The van der Waals surface area contributed by atoms with Crippen LogP contribution < -0.4 is 5.56 Å². The van der Waals surface area contributed by atoms with Gasteiger partial charge in [0, 0.05) is 11.8 Å². The molecule has 4 aromatic heterocycles. The van der Waals surface area contributed by atoms with Crippen molar-refractivity contribution in [1.82, 2.24) is 29.1 Å². The molecule has 0 unspecified atom stereocenters. The predicted octanol–water partition coefficient (Wildman–Crippen LogP) is 4.60. The Labute approximate surface area is 195 Å². The molecule has 0 aliphatic heterocycles. The SMILES string of the molecule is O=c1c2c(-c3noc(-c4ccc(F)cc4)n3)ncn2c2cccc(Cl)c2n1Cc1ccccn1. The molecule has 10 heteroatoms. The molecule has 0 aliphatic rings. The Morgan fingerprint density at radius 1 is 0.971 bits per heavy atom. The molecule has 8 nitrogen and oxygen atoms in total. The zero-order chi connectivity index (χ0) is 23.2. The summed E-state index contributed by atoms with van der Waals surface area (Å²) in [6, 6.07) is 16.6. The molecule has 0 aliphatic carbocycles. The summed E-state index contributed by atoms with van der Waals surface area (Å²) in [5.41, 5.74) is 2.72. The van der Waals surface area contributed by atoms with Gasteiger partial charge in [-0.15, -0.1) is 0 Å². The zero-order valence-corrected chi connectivity index (χ0v) is 18.1. The summed E-state index contributed by atoms with van der Waals surface area (Å²) < 4.78 is 21.9. The third-order valence-electron chi connectivity index (χ3n) is 5.49. The molecule has 0 fully saturated rings. The summed E-state index contributed by atoms with van der Waals surface area (Å²) in [5, 5.41) is 4.45. The van der Waals surface area contributed by atoms with Crippen LogP contribution in [0.3, 0.4) is 0 Å². The van der Waals surface area contributed by atoms with E-state index in [9.17, 15) is 9.18 Å². The summed E-state index contributed by atoms with van der Waals surface area (Å²) in [6.45, 7) is 0.216. The second kappa shape index (κ2) is 7.89. The van der Waals surface area contributed by atoms with Crippen LogP contribution in [0.25, 0.3) is 39.5 Å². The Hall–Kier alpha value is -4.37. The second-order valence-corrected chi connectivity index (χ2v) is 7.97. The minimum atomic E-state index is -0.373. The minimum absolute atomic E-state index is 0.143. The highest BCUT2D eigenvalue weighted by atomic mass is 35.5. The number of para-hydroxylation sites is 1. The van der Waals surface area contributed by atoms with Gasteiger partial charge in [0.1, 0.15) is 23.4 Å². The van der Waals surface area contributed by atoms with Crippen LogP contribution in [0.4, 0.5) is 4.39 Å². The van der Waals surface area contributed by atoms with Crippen molar-refractivity contribution >= 4 is 28.2 Å². The lowest BCUT2D eigenvalue weighted by Crippen LogP contribution is -2.24. The molecule has 0 amide bonds. The molecule has 6 rings (SSSR count). The fraction of sp³-hybridized carbons (Fsp3) is 0.0417. The predicted molar refractivity (Wildman–Crippen MR) is 124 cm³/mol. The molecule has 0 atom stereocenters. The van der Waals surface area contributed by atoms with Gasteiger partial charge in [-0.25, -0.2) is 9.37 Å². The summed E-state index contributed by atoms with van der Waals surface area (Å²) in [5.74, 6) is -0.0407. The van der Waals surface area contributed by atoms with Gasteiger partial charge in [-0.1, -0.05) is 28.9 Å². The van der Waals surface area contributed by atoms with E-state index in [1.807, 2.05) is 24.3 Å². The van der Waals surface area contributed by atoms with Gasteiger partial charge in [-0.2, -0.15) is 4.98 Å². The molecule has 0 bridgehead atoms. The number of rotatable bonds is 4. The average molecular weight is 473 g/mol. The van der Waals surface area contributed by atoms with Crippen LogP contribution in [-0.2, 0) is 6.54 Å². The topological polar surface area (TPSA) is 91.1 Å². The Kier molecular flexibility index (Phi) is 4.70. The van der Waals surface area contributed by atoms with E-state index in [1.54, 1.807) is 27.3 Å². The Morgan fingerprint density at radius 3 is 2.62 bits per heavy atom. The largest absolute Gasteiger partial charge is 0.334 e. The van der Waals surface area contributed by atoms with Gasteiger partial charge >= 0.3 is 0 Å². The van der Waals surface area contributed by atoms with Gasteiger partial charge in [0.05, 0.1) is 28.3 Å². The van der Waals surface area contributed by atoms with E-state index in [0.29, 0.717) is 27.3 Å². The van der Waals surface area contributed by atoms with Crippen LogP contribution in [0, 0.1) is 5.82 Å². The quantitative estimate of drug-likeness (QED) is 0.372. The monoisotopic (exact) mass is 472 g/mol. The van der Waals surface area contributed by atoms with Crippen LogP contribution in [0.1, 0.15) is 5.69 Å². The number of hydrogen-bond donors (Lipinski definition) is 0. The fourth-order valence-corrected chi connectivity index (χ4v) is 4.20. The summed E-state index contributed by atoms with van der Waals surface area (Å²) in [7, 11) is 0. The third kappa shape index (κ3) is 3.25. The van der Waals surface area contributed by atoms with Crippen molar-refractivity contribution in [3.63, 3.8) is 0 Å². The lowest BCUT2D eigenvalue weighted by Gasteiger charge is -2.13. The maximum atomic E-state index is 13.8. The molecule has 0 N–H and O–H groups in total. The summed E-state index contributed by atoms with van der Waals surface area (Å²) in [6.07, 6.45) is 3.20. The molecule has 6 aromatic rings. The number of fused-ring (bicyclic) bond motifs is 3. The van der Waals surface area contributed by atoms with Gasteiger partial charge in [0.2, 0.25) is 5.82 Å². The average Bonchev–Trinajstić information content (AvgIpc) is 3.51. The first-order valence-corrected chi connectivity index (χ1v) is 10.7. The van der Waals surface area contributed by atoms with E-state index >= 15 is 0 Å². The van der Waals surface area contributed by atoms with E-state index in [0.717, 1.165) is 0 Å². The van der Waals surface area contributed by atoms with Crippen molar-refractivity contribution in [2.45, 2.75) is 6.54 Å². The maximum absolute atomic E-state index is 13.8. The minimum Gasteiger partial charge on any atom is -0.334 e. The van der Waals surface area contributed by atoms with Gasteiger partial charge in [0.15, 0.2) is 0 Å². The van der Waals surface area contributed by atoms with Crippen molar-refractivity contribution in [2.24, 2.45) is 0 Å². The van der Waals surface area contributed by atoms with Crippen LogP contribution in [-0.4, -0.2) is 29.1 Å². The van der Waals surface area contributed by atoms with E-state index < -0.39 is 0 Å². The summed E-state index contributed by atoms with van der Waals surface area (Å²) in [4.78, 5) is 26.9. The molecule has 0 spiro atoms. The van der Waals surface area contributed by atoms with Crippen LogP contribution in [0.2, 0.25) is 5.02 Å². The molecule has 0 saturated heterocycles. The number of benzene rings is 2. The van der Waals surface area contributed by atoms with Gasteiger partial charge < -0.3 is 4.52 Å². The van der Waals surface area contributed by atoms with Gasteiger partial charge in [0.25, 0.3) is 11.4 Å².